The van der Waals surface area contributed by atoms with Crippen molar-refractivity contribution < 1.29 is 29.7 Å². The average Bonchev–Trinajstić information content (AvgIpc) is 2.91. The Bertz CT molecular complexity index is 688. The van der Waals surface area contributed by atoms with Crippen LogP contribution in [0.3, 0.4) is 0 Å². The van der Waals surface area contributed by atoms with E-state index >= 15 is 0 Å². The first-order valence-corrected chi connectivity index (χ1v) is 17.7. The Labute approximate surface area is 258 Å². The number of hydrogen-bond donors (Lipinski definition) is 3. The predicted octanol–water partition coefficient (Wildman–Crippen LogP) is 11.2. The van der Waals surface area contributed by atoms with Gasteiger partial charge in [0.05, 0.1) is 0 Å². The van der Waals surface area contributed by atoms with Crippen LogP contribution in [0.15, 0.2) is 0 Å². The molecule has 0 saturated heterocycles. The van der Waals surface area contributed by atoms with Crippen LogP contribution in [0.4, 0.5) is 0 Å². The predicted molar refractivity (Wildman–Crippen MR) is 174 cm³/mol. The molecule has 0 saturated carbocycles. The zero-order valence-electron chi connectivity index (χ0n) is 27.9. The van der Waals surface area contributed by atoms with E-state index in [-0.39, 0.29) is 0 Å². The Morgan fingerprint density at radius 3 is 0.833 bits per heavy atom. The molecule has 0 aromatic rings. The van der Waals surface area contributed by atoms with Crippen LogP contribution in [0, 0.1) is 10.8 Å². The minimum atomic E-state index is -0.684. The second-order valence-corrected chi connectivity index (χ2v) is 13.9. The van der Waals surface area contributed by atoms with Gasteiger partial charge in [-0.3, -0.25) is 14.4 Å². The van der Waals surface area contributed by atoms with E-state index in [1.807, 2.05) is 0 Å². The lowest BCUT2D eigenvalue weighted by atomic mass is 9.60. The van der Waals surface area contributed by atoms with Crippen LogP contribution in [0.1, 0.15) is 201 Å². The van der Waals surface area contributed by atoms with E-state index in [0.717, 1.165) is 57.8 Å². The van der Waals surface area contributed by atoms with Gasteiger partial charge in [0.15, 0.2) is 0 Å². The van der Waals surface area contributed by atoms with E-state index in [2.05, 4.69) is 20.8 Å². The molecule has 3 N–H and O–H groups in total. The van der Waals surface area contributed by atoms with Gasteiger partial charge in [-0.05, 0) is 49.4 Å². The molecule has 0 amide bonds. The number of hydrogen-bond acceptors (Lipinski definition) is 3. The molecule has 0 aliphatic rings. The first-order valence-electron chi connectivity index (χ1n) is 17.7. The summed E-state index contributed by atoms with van der Waals surface area (Å²) in [6.07, 6.45) is 30.1. The minimum Gasteiger partial charge on any atom is -0.481 e. The fraction of sp³-hybridized carbons (Fsp3) is 0.917. The molecule has 1 atom stereocenters. The lowest BCUT2D eigenvalue weighted by molar-refractivity contribution is -0.138. The third-order valence-electron chi connectivity index (χ3n) is 9.81. The van der Waals surface area contributed by atoms with Gasteiger partial charge in [0.2, 0.25) is 0 Å². The number of carboxylic acids is 3. The molecule has 1 unspecified atom stereocenters. The molecule has 0 heterocycles. The highest BCUT2D eigenvalue weighted by Crippen LogP contribution is 2.50. The molecular weight excluding hydrogens is 528 g/mol. The lowest BCUT2D eigenvalue weighted by Gasteiger charge is -2.46. The smallest absolute Gasteiger partial charge is 0.303 e. The summed E-state index contributed by atoms with van der Waals surface area (Å²) >= 11 is 0. The average molecular weight is 597 g/mol. The van der Waals surface area contributed by atoms with Crippen LogP contribution in [0.5, 0.6) is 0 Å². The highest BCUT2D eigenvalue weighted by Gasteiger charge is 2.39. The first-order chi connectivity index (χ1) is 20.0. The van der Waals surface area contributed by atoms with Crippen LogP contribution >= 0.6 is 0 Å². The SMILES string of the molecule is CC(C)(CCCCCCCCCCC(=O)O)C(C)(CCCCCCCCCCC(=O)O)CCCCCCCCC(=O)O. The van der Waals surface area contributed by atoms with Crippen molar-refractivity contribution >= 4 is 17.9 Å². The lowest BCUT2D eigenvalue weighted by Crippen LogP contribution is -2.35. The van der Waals surface area contributed by atoms with E-state index in [1.54, 1.807) is 0 Å². The van der Waals surface area contributed by atoms with E-state index in [4.69, 9.17) is 15.3 Å². The Morgan fingerprint density at radius 1 is 0.357 bits per heavy atom. The van der Waals surface area contributed by atoms with Gasteiger partial charge in [0.1, 0.15) is 0 Å². The van der Waals surface area contributed by atoms with Crippen molar-refractivity contribution in [3.05, 3.63) is 0 Å². The molecule has 0 fully saturated rings. The largest absolute Gasteiger partial charge is 0.481 e. The third kappa shape index (κ3) is 23.9. The van der Waals surface area contributed by atoms with Crippen LogP contribution in [0.25, 0.3) is 0 Å². The van der Waals surface area contributed by atoms with Gasteiger partial charge in [-0.2, -0.15) is 0 Å². The van der Waals surface area contributed by atoms with Crippen molar-refractivity contribution in [3.8, 4) is 0 Å². The maximum atomic E-state index is 10.7. The first kappa shape index (κ1) is 40.4. The number of aliphatic carboxylic acids is 3. The van der Waals surface area contributed by atoms with Crippen molar-refractivity contribution in [2.75, 3.05) is 0 Å². The quantitative estimate of drug-likeness (QED) is 0.0666. The Kier molecular flexibility index (Phi) is 24.9. The van der Waals surface area contributed by atoms with Gasteiger partial charge in [-0.15, -0.1) is 0 Å². The van der Waals surface area contributed by atoms with E-state index in [9.17, 15) is 14.4 Å². The van der Waals surface area contributed by atoms with Crippen LogP contribution in [-0.2, 0) is 14.4 Å². The topological polar surface area (TPSA) is 112 Å². The minimum absolute atomic E-state index is 0.295. The number of carbonyl (C=O) groups is 3. The molecule has 0 spiro atoms. The molecule has 6 nitrogen and oxygen atoms in total. The summed E-state index contributed by atoms with van der Waals surface area (Å²) in [5.74, 6) is -2.05. The molecule has 0 rings (SSSR count). The maximum Gasteiger partial charge on any atom is 0.303 e. The molecule has 42 heavy (non-hydrogen) atoms. The van der Waals surface area contributed by atoms with Gasteiger partial charge in [-0.1, -0.05) is 143 Å². The van der Waals surface area contributed by atoms with E-state index < -0.39 is 17.9 Å². The molecular formula is C36H68O6. The van der Waals surface area contributed by atoms with Crippen LogP contribution in [0.2, 0.25) is 0 Å². The Hall–Kier alpha value is -1.59. The maximum absolute atomic E-state index is 10.7. The third-order valence-corrected chi connectivity index (χ3v) is 9.81. The monoisotopic (exact) mass is 597 g/mol. The Balaban J connectivity index is 4.46. The van der Waals surface area contributed by atoms with Gasteiger partial charge >= 0.3 is 17.9 Å². The second kappa shape index (κ2) is 25.9. The standard InChI is InChI=1S/C36H68O6/c1-35(2,29-23-17-11-6-4-8-14-20-26-32(37)38)36(3,31-25-19-13-10-16-22-28-34(41)42)30-24-18-12-7-5-9-15-21-27-33(39)40/h4-31H2,1-3H3,(H,37,38)(H,39,40)(H,41,42). The summed E-state index contributed by atoms with van der Waals surface area (Å²) in [4.78, 5) is 32.0. The molecule has 6 heteroatoms. The van der Waals surface area contributed by atoms with E-state index in [0.29, 0.717) is 30.1 Å². The molecule has 0 aromatic heterocycles. The zero-order valence-corrected chi connectivity index (χ0v) is 27.9. The fourth-order valence-corrected chi connectivity index (χ4v) is 6.36. The van der Waals surface area contributed by atoms with Crippen molar-refractivity contribution in [1.29, 1.82) is 0 Å². The van der Waals surface area contributed by atoms with Gasteiger partial charge < -0.3 is 15.3 Å². The van der Waals surface area contributed by atoms with Gasteiger partial charge in [-0.25, -0.2) is 0 Å². The molecule has 0 aliphatic carbocycles. The molecule has 0 bridgehead atoms. The second-order valence-electron chi connectivity index (χ2n) is 13.9. The summed E-state index contributed by atoms with van der Waals surface area (Å²) < 4.78 is 0. The molecule has 248 valence electrons. The number of rotatable bonds is 32. The van der Waals surface area contributed by atoms with Crippen molar-refractivity contribution in [3.63, 3.8) is 0 Å². The zero-order chi connectivity index (χ0) is 31.5. The fourth-order valence-electron chi connectivity index (χ4n) is 6.36. The van der Waals surface area contributed by atoms with Crippen molar-refractivity contribution in [2.45, 2.75) is 201 Å². The molecule has 0 radical (unpaired) electrons. The van der Waals surface area contributed by atoms with Crippen LogP contribution < -0.4 is 0 Å². The molecule has 0 aromatic carbocycles. The summed E-state index contributed by atoms with van der Waals surface area (Å²) in [5.41, 5.74) is 0.632. The summed E-state index contributed by atoms with van der Waals surface area (Å²) in [6.45, 7) is 7.54. The van der Waals surface area contributed by atoms with E-state index in [1.165, 1.54) is 103 Å². The van der Waals surface area contributed by atoms with Crippen LogP contribution in [-0.4, -0.2) is 33.2 Å². The highest BCUT2D eigenvalue weighted by molar-refractivity contribution is 5.67. The van der Waals surface area contributed by atoms with Gasteiger partial charge in [0.25, 0.3) is 0 Å². The van der Waals surface area contributed by atoms with Crippen molar-refractivity contribution in [2.24, 2.45) is 10.8 Å². The summed E-state index contributed by atoms with van der Waals surface area (Å²) in [5, 5.41) is 26.3. The molecule has 0 aliphatic heterocycles. The number of carboxylic acid groups (broad SMARTS) is 3. The summed E-state index contributed by atoms with van der Waals surface area (Å²) in [6, 6.07) is 0. The normalized spacial score (nSPS) is 13.2. The highest BCUT2D eigenvalue weighted by atomic mass is 16.4. The van der Waals surface area contributed by atoms with Crippen molar-refractivity contribution in [1.82, 2.24) is 0 Å². The Morgan fingerprint density at radius 2 is 0.571 bits per heavy atom. The summed E-state index contributed by atoms with van der Waals surface area (Å²) in [7, 11) is 0. The number of unbranched alkanes of at least 4 members (excludes halogenated alkanes) is 19. The van der Waals surface area contributed by atoms with Gasteiger partial charge in [0, 0.05) is 19.3 Å².